The molecule has 12 heteroatoms. The van der Waals surface area contributed by atoms with Gasteiger partial charge in [-0.15, -0.1) is 0 Å². The van der Waals surface area contributed by atoms with Crippen LogP contribution in [0.2, 0.25) is 0 Å². The Balaban J connectivity index is 1.14. The smallest absolute Gasteiger partial charge is 0.378 e. The van der Waals surface area contributed by atoms with Gasteiger partial charge >= 0.3 is 12.2 Å². The van der Waals surface area contributed by atoms with Gasteiger partial charge in [0.1, 0.15) is 11.4 Å². The second-order valence-corrected chi connectivity index (χ2v) is 10.7. The topological polar surface area (TPSA) is 85.9 Å². The molecule has 1 aromatic carbocycles. The number of ether oxygens (including phenoxy) is 1. The SMILES string of the molecule is O=C1N(CCCNc2nc(Nc3ccc(N4CCOCC4)cc3C3CC3)ncc2C(F)(F)F)C[C@@H]2CCCN12. The fraction of sp³-hybridized carbons (Fsp3) is 0.593. The van der Waals surface area contributed by atoms with E-state index in [-0.39, 0.29) is 30.4 Å². The third-order valence-corrected chi connectivity index (χ3v) is 7.99. The van der Waals surface area contributed by atoms with Crippen molar-refractivity contribution in [1.29, 1.82) is 0 Å². The normalized spacial score (nSPS) is 21.5. The highest BCUT2D eigenvalue weighted by molar-refractivity contribution is 5.77. The van der Waals surface area contributed by atoms with Crippen molar-refractivity contribution in [2.45, 2.75) is 50.2 Å². The van der Waals surface area contributed by atoms with Gasteiger partial charge in [-0.25, -0.2) is 9.78 Å². The first kappa shape index (κ1) is 26.0. The van der Waals surface area contributed by atoms with Crippen LogP contribution in [-0.4, -0.2) is 84.3 Å². The quantitative estimate of drug-likeness (QED) is 0.444. The predicted octanol–water partition coefficient (Wildman–Crippen LogP) is 4.66. The van der Waals surface area contributed by atoms with E-state index in [9.17, 15) is 18.0 Å². The number of aromatic nitrogens is 2. The number of urea groups is 1. The number of alkyl halides is 3. The molecule has 4 fully saturated rings. The van der Waals surface area contributed by atoms with E-state index < -0.39 is 11.7 Å². The molecule has 1 aromatic heterocycles. The number of fused-ring (bicyclic) bond motifs is 1. The maximum absolute atomic E-state index is 13.7. The van der Waals surface area contributed by atoms with Crippen molar-refractivity contribution in [3.8, 4) is 0 Å². The number of nitrogens with one attached hydrogen (secondary N) is 2. The standard InChI is InChI=1S/C27H34F3N7O2/c28-27(29,30)22-16-32-25(34-24(22)31-8-2-9-36-17-20-3-1-10-37(20)26(36)38)33-23-7-6-19(15-21(23)18-4-5-18)35-11-13-39-14-12-35/h6-7,15-16,18,20H,1-5,8-14,17H2,(H2,31,32,33,34)/t20-/m0/s1. The van der Waals surface area contributed by atoms with Crippen LogP contribution in [0.3, 0.4) is 0 Å². The number of carbonyl (C=O) groups excluding carboxylic acids is 1. The molecule has 9 nitrogen and oxygen atoms in total. The molecule has 4 heterocycles. The van der Waals surface area contributed by atoms with Crippen molar-refractivity contribution in [3.05, 3.63) is 35.5 Å². The zero-order chi connectivity index (χ0) is 27.0. The maximum atomic E-state index is 13.7. The van der Waals surface area contributed by atoms with Crippen LogP contribution in [0.1, 0.15) is 49.1 Å². The summed E-state index contributed by atoms with van der Waals surface area (Å²) in [6, 6.07) is 6.46. The third-order valence-electron chi connectivity index (χ3n) is 7.99. The van der Waals surface area contributed by atoms with Crippen LogP contribution in [0, 0.1) is 0 Å². The van der Waals surface area contributed by atoms with E-state index in [0.717, 1.165) is 68.5 Å². The van der Waals surface area contributed by atoms with Crippen molar-refractivity contribution >= 4 is 29.2 Å². The summed E-state index contributed by atoms with van der Waals surface area (Å²) in [7, 11) is 0. The Hall–Kier alpha value is -3.28. The van der Waals surface area contributed by atoms with E-state index in [0.29, 0.717) is 38.6 Å². The molecule has 4 aliphatic rings. The molecule has 39 heavy (non-hydrogen) atoms. The number of halogens is 3. The highest BCUT2D eigenvalue weighted by Gasteiger charge is 2.39. The van der Waals surface area contributed by atoms with Gasteiger partial charge in [-0.05, 0) is 61.8 Å². The Kier molecular flexibility index (Phi) is 7.13. The van der Waals surface area contributed by atoms with Gasteiger partial charge in [-0.1, -0.05) is 0 Å². The van der Waals surface area contributed by atoms with Crippen LogP contribution >= 0.6 is 0 Å². The third kappa shape index (κ3) is 5.70. The molecule has 1 aliphatic carbocycles. The van der Waals surface area contributed by atoms with E-state index >= 15 is 0 Å². The van der Waals surface area contributed by atoms with E-state index in [4.69, 9.17) is 4.74 Å². The first-order chi connectivity index (χ1) is 18.9. The molecule has 2 amide bonds. The fourth-order valence-corrected chi connectivity index (χ4v) is 5.77. The molecule has 0 bridgehead atoms. The van der Waals surface area contributed by atoms with Gasteiger partial charge in [-0.3, -0.25) is 0 Å². The largest absolute Gasteiger partial charge is 0.421 e. The minimum Gasteiger partial charge on any atom is -0.378 e. The average Bonchev–Trinajstić information content (AvgIpc) is 3.60. The highest BCUT2D eigenvalue weighted by atomic mass is 19.4. The minimum absolute atomic E-state index is 0.0353. The Morgan fingerprint density at radius 3 is 2.67 bits per heavy atom. The lowest BCUT2D eigenvalue weighted by molar-refractivity contribution is -0.137. The number of anilines is 4. The number of amides is 2. The van der Waals surface area contributed by atoms with Gasteiger partial charge in [0.15, 0.2) is 0 Å². The van der Waals surface area contributed by atoms with Crippen LogP contribution < -0.4 is 15.5 Å². The number of carbonyl (C=O) groups is 1. The second kappa shape index (κ2) is 10.7. The summed E-state index contributed by atoms with van der Waals surface area (Å²) >= 11 is 0. The van der Waals surface area contributed by atoms with Gasteiger partial charge in [0.2, 0.25) is 5.95 Å². The Labute approximate surface area is 225 Å². The molecule has 0 unspecified atom stereocenters. The zero-order valence-electron chi connectivity index (χ0n) is 21.8. The lowest BCUT2D eigenvalue weighted by Gasteiger charge is -2.29. The molecule has 0 radical (unpaired) electrons. The van der Waals surface area contributed by atoms with E-state index in [1.54, 1.807) is 4.90 Å². The highest BCUT2D eigenvalue weighted by Crippen LogP contribution is 2.45. The number of rotatable bonds is 9. The summed E-state index contributed by atoms with van der Waals surface area (Å²) < 4.78 is 46.7. The van der Waals surface area contributed by atoms with Gasteiger partial charge in [0, 0.05) is 56.8 Å². The monoisotopic (exact) mass is 545 g/mol. The van der Waals surface area contributed by atoms with Gasteiger partial charge in [0.25, 0.3) is 0 Å². The molecule has 3 saturated heterocycles. The minimum atomic E-state index is -4.59. The van der Waals surface area contributed by atoms with Crippen LogP contribution in [-0.2, 0) is 10.9 Å². The molecule has 3 aliphatic heterocycles. The van der Waals surface area contributed by atoms with Gasteiger partial charge in [0.05, 0.1) is 19.3 Å². The molecule has 2 aromatic rings. The number of hydrogen-bond acceptors (Lipinski definition) is 7. The predicted molar refractivity (Wildman–Crippen MR) is 142 cm³/mol. The van der Waals surface area contributed by atoms with Crippen LogP contribution in [0.25, 0.3) is 0 Å². The summed E-state index contributed by atoms with van der Waals surface area (Å²) in [5.74, 6) is 0.276. The summed E-state index contributed by atoms with van der Waals surface area (Å²) in [5, 5.41) is 6.03. The summed E-state index contributed by atoms with van der Waals surface area (Å²) in [6.45, 7) is 5.30. The molecular weight excluding hydrogens is 511 g/mol. The lowest BCUT2D eigenvalue weighted by atomic mass is 10.1. The maximum Gasteiger partial charge on any atom is 0.421 e. The van der Waals surface area contributed by atoms with E-state index in [1.165, 1.54) is 0 Å². The first-order valence-corrected chi connectivity index (χ1v) is 13.8. The van der Waals surface area contributed by atoms with Crippen molar-refractivity contribution in [2.24, 2.45) is 0 Å². The molecule has 1 saturated carbocycles. The lowest BCUT2D eigenvalue weighted by Crippen LogP contribution is -2.36. The molecular formula is C27H34F3N7O2. The summed E-state index contributed by atoms with van der Waals surface area (Å²) in [6.07, 6.45) is 0.983. The van der Waals surface area contributed by atoms with Crippen molar-refractivity contribution in [1.82, 2.24) is 19.8 Å². The molecule has 0 spiro atoms. The number of morpholine rings is 1. The second-order valence-electron chi connectivity index (χ2n) is 10.7. The van der Waals surface area contributed by atoms with Crippen LogP contribution in [0.15, 0.2) is 24.4 Å². The molecule has 1 atom stereocenters. The number of benzene rings is 1. The van der Waals surface area contributed by atoms with Crippen molar-refractivity contribution in [2.75, 3.05) is 68.0 Å². The number of nitrogens with zero attached hydrogens (tertiary/aromatic N) is 5. The Morgan fingerprint density at radius 1 is 1.10 bits per heavy atom. The molecule has 6 rings (SSSR count). The molecule has 210 valence electrons. The van der Waals surface area contributed by atoms with Crippen LogP contribution in [0.4, 0.5) is 41.1 Å². The average molecular weight is 546 g/mol. The Bertz CT molecular complexity index is 1200. The van der Waals surface area contributed by atoms with E-state index in [2.05, 4.69) is 31.6 Å². The Morgan fingerprint density at radius 2 is 1.92 bits per heavy atom. The van der Waals surface area contributed by atoms with Crippen molar-refractivity contribution in [3.63, 3.8) is 0 Å². The van der Waals surface area contributed by atoms with Crippen LogP contribution in [0.5, 0.6) is 0 Å². The zero-order valence-corrected chi connectivity index (χ0v) is 21.8. The number of hydrogen-bond donors (Lipinski definition) is 2. The summed E-state index contributed by atoms with van der Waals surface area (Å²) in [4.78, 5) is 26.7. The van der Waals surface area contributed by atoms with Gasteiger partial charge < -0.3 is 30.1 Å². The summed E-state index contributed by atoms with van der Waals surface area (Å²) in [5.41, 5.74) is 2.16. The molecule has 2 N–H and O–H groups in total. The van der Waals surface area contributed by atoms with Gasteiger partial charge in [-0.2, -0.15) is 18.2 Å². The first-order valence-electron chi connectivity index (χ1n) is 13.8. The van der Waals surface area contributed by atoms with Crippen molar-refractivity contribution < 1.29 is 22.7 Å². The fourth-order valence-electron chi connectivity index (χ4n) is 5.77. The van der Waals surface area contributed by atoms with E-state index in [1.807, 2.05) is 17.0 Å².